The number of benzene rings is 3. The molecule has 0 bridgehead atoms. The van der Waals surface area contributed by atoms with Crippen molar-refractivity contribution in [1.29, 1.82) is 0 Å². The van der Waals surface area contributed by atoms with Crippen molar-refractivity contribution in [3.8, 4) is 17.2 Å². The summed E-state index contributed by atoms with van der Waals surface area (Å²) >= 11 is 0. The van der Waals surface area contributed by atoms with Crippen molar-refractivity contribution in [3.05, 3.63) is 65.0 Å². The molecule has 0 spiro atoms. The van der Waals surface area contributed by atoms with Gasteiger partial charge in [0.1, 0.15) is 38.7 Å². The fourth-order valence-corrected chi connectivity index (χ4v) is 3.72. The van der Waals surface area contributed by atoms with Gasteiger partial charge < -0.3 is 9.84 Å². The largest absolute Gasteiger partial charge is 0.507 e. The Balaban J connectivity index is 2.08. The zero-order valence-electron chi connectivity index (χ0n) is 20.5. The van der Waals surface area contributed by atoms with Gasteiger partial charge in [0, 0.05) is 17.3 Å². The minimum Gasteiger partial charge on any atom is -0.507 e. The Labute approximate surface area is 206 Å². The molecule has 3 aromatic carbocycles. The van der Waals surface area contributed by atoms with E-state index in [2.05, 4.69) is 61.8 Å². The maximum absolute atomic E-state index is 14.2. The Bertz CT molecular complexity index is 1230. The normalized spacial score (nSPS) is 12.4. The minimum absolute atomic E-state index is 0.0419. The molecule has 0 aliphatic carbocycles. The summed E-state index contributed by atoms with van der Waals surface area (Å²) in [4.78, 5) is 4.59. The van der Waals surface area contributed by atoms with Crippen molar-refractivity contribution in [1.82, 2.24) is 0 Å². The number of hydrogen-bond donors (Lipinski definition) is 1. The molecule has 1 unspecified atom stereocenters. The predicted molar refractivity (Wildman–Crippen MR) is 146 cm³/mol. The molecule has 34 heavy (non-hydrogen) atoms. The quantitative estimate of drug-likeness (QED) is 0.339. The van der Waals surface area contributed by atoms with E-state index < -0.39 is 5.82 Å². The summed E-state index contributed by atoms with van der Waals surface area (Å²) in [6, 6.07) is 12.3. The van der Waals surface area contributed by atoms with E-state index >= 15 is 0 Å². The second-order valence-electron chi connectivity index (χ2n) is 10.4. The lowest BCUT2D eigenvalue weighted by Gasteiger charge is -2.27. The number of rotatable bonds is 4. The van der Waals surface area contributed by atoms with Crippen LogP contribution in [-0.2, 0) is 10.8 Å². The molecular weight excluding hydrogens is 442 g/mol. The minimum atomic E-state index is -0.617. The number of hydrogen-bond acceptors (Lipinski definition) is 3. The van der Waals surface area contributed by atoms with Gasteiger partial charge in [-0.25, -0.2) is 4.39 Å². The van der Waals surface area contributed by atoms with Crippen LogP contribution in [0.3, 0.4) is 0 Å². The van der Waals surface area contributed by atoms with Gasteiger partial charge in [0.25, 0.3) is 0 Å². The van der Waals surface area contributed by atoms with Crippen molar-refractivity contribution in [3.63, 3.8) is 0 Å². The summed E-state index contributed by atoms with van der Waals surface area (Å²) in [5.41, 5.74) is 2.71. The van der Waals surface area contributed by atoms with Crippen molar-refractivity contribution in [2.24, 2.45) is 4.99 Å². The van der Waals surface area contributed by atoms with Crippen molar-refractivity contribution < 1.29 is 14.2 Å². The average molecular weight is 471 g/mol. The molecule has 3 aromatic rings. The Morgan fingerprint density at radius 1 is 0.971 bits per heavy atom. The highest BCUT2D eigenvalue weighted by atomic mass is 31.0. The van der Waals surface area contributed by atoms with Crippen LogP contribution in [0.25, 0.3) is 0 Å². The van der Waals surface area contributed by atoms with Crippen LogP contribution in [0.5, 0.6) is 17.2 Å². The molecule has 0 aliphatic rings. The number of aromatic hydroxyl groups is 1. The van der Waals surface area contributed by atoms with Crippen LogP contribution in [-0.4, -0.2) is 27.0 Å². The summed E-state index contributed by atoms with van der Waals surface area (Å²) in [6.45, 7) is 12.6. The summed E-state index contributed by atoms with van der Waals surface area (Å²) in [6.07, 6.45) is 1.61. The van der Waals surface area contributed by atoms with E-state index in [1.807, 2.05) is 12.1 Å². The van der Waals surface area contributed by atoms with Crippen molar-refractivity contribution in [2.75, 3.05) is 0 Å². The number of halogens is 1. The topological polar surface area (TPSA) is 41.8 Å². The van der Waals surface area contributed by atoms with Crippen molar-refractivity contribution >= 4 is 53.1 Å². The molecule has 0 saturated carbocycles. The average Bonchev–Trinajstić information content (AvgIpc) is 2.73. The molecule has 4 radical (unpaired) electrons. The fraction of sp³-hybridized carbons (Fsp3) is 0.296. The number of ether oxygens (including phenoxy) is 1. The molecule has 3 rings (SSSR count). The Morgan fingerprint density at radius 3 is 2.24 bits per heavy atom. The first kappa shape index (κ1) is 26.0. The molecule has 0 heterocycles. The summed E-state index contributed by atoms with van der Waals surface area (Å²) in [7, 11) is 14.3. The van der Waals surface area contributed by atoms with Crippen LogP contribution >= 0.6 is 9.24 Å². The molecular formula is C27H29B2FNO2P. The summed E-state index contributed by atoms with van der Waals surface area (Å²) < 4.78 is 20.1. The van der Waals surface area contributed by atoms with Gasteiger partial charge in [-0.3, -0.25) is 4.99 Å². The van der Waals surface area contributed by atoms with E-state index in [4.69, 9.17) is 20.4 Å². The van der Waals surface area contributed by atoms with Gasteiger partial charge in [-0.1, -0.05) is 59.7 Å². The Hall–Kier alpha value is -2.58. The van der Waals surface area contributed by atoms with Gasteiger partial charge in [-0.2, -0.15) is 0 Å². The van der Waals surface area contributed by atoms with E-state index in [1.54, 1.807) is 24.4 Å². The summed E-state index contributed by atoms with van der Waals surface area (Å²) in [5, 5.41) is 11.5. The summed E-state index contributed by atoms with van der Waals surface area (Å²) in [5.74, 6) is -0.0300. The van der Waals surface area contributed by atoms with E-state index in [-0.39, 0.29) is 33.3 Å². The van der Waals surface area contributed by atoms with Gasteiger partial charge in [0.05, 0.1) is 0 Å². The van der Waals surface area contributed by atoms with Crippen LogP contribution in [0, 0.1) is 5.82 Å². The zero-order chi connectivity index (χ0) is 25.4. The third-order valence-electron chi connectivity index (χ3n) is 5.57. The molecule has 1 N–H and O–H groups in total. The van der Waals surface area contributed by atoms with Crippen LogP contribution in [0.1, 0.15) is 58.2 Å². The molecule has 0 aromatic heterocycles. The van der Waals surface area contributed by atoms with E-state index in [1.165, 1.54) is 6.07 Å². The molecule has 0 saturated heterocycles. The lowest BCUT2D eigenvalue weighted by Crippen LogP contribution is -2.30. The molecule has 172 valence electrons. The SMILES string of the molecule is [B]c1c(F)cc(P)c([B])c1Oc1ccccc1N=Cc1cc(C(C)(C)C)cc(C(C)(C)C)c1O. The smallest absolute Gasteiger partial charge is 0.152 e. The molecule has 0 aliphatic heterocycles. The fourth-order valence-electron chi connectivity index (χ4n) is 3.45. The van der Waals surface area contributed by atoms with Gasteiger partial charge in [-0.05, 0) is 56.9 Å². The molecule has 7 heteroatoms. The van der Waals surface area contributed by atoms with E-state index in [9.17, 15) is 9.50 Å². The highest BCUT2D eigenvalue weighted by molar-refractivity contribution is 7.28. The van der Waals surface area contributed by atoms with Crippen LogP contribution < -0.4 is 21.0 Å². The second kappa shape index (κ2) is 9.58. The standard InChI is InChI=1S/C27H29B2FNO2P/c1-26(2,3)16-11-15(24(32)17(12-16)27(4,5)6)14-31-19-9-7-8-10-20(19)33-25-22(28)18(30)13-21(34)23(25)29/h7-14,32H,34H2,1-6H3. The van der Waals surface area contributed by atoms with Crippen molar-refractivity contribution in [2.45, 2.75) is 52.4 Å². The number of phenolic OH excluding ortho intramolecular Hbond substituents is 1. The van der Waals surface area contributed by atoms with Gasteiger partial charge in [0.2, 0.25) is 0 Å². The maximum Gasteiger partial charge on any atom is 0.152 e. The lowest BCUT2D eigenvalue weighted by atomic mass is 9.79. The number of para-hydroxylation sites is 2. The predicted octanol–water partition coefficient (Wildman–Crippen LogP) is 4.76. The van der Waals surface area contributed by atoms with E-state index in [0.717, 1.165) is 11.1 Å². The number of nitrogens with zero attached hydrogens (tertiary/aromatic N) is 1. The molecule has 0 fully saturated rings. The van der Waals surface area contributed by atoms with Gasteiger partial charge >= 0.3 is 0 Å². The lowest BCUT2D eigenvalue weighted by molar-refractivity contribution is 0.444. The van der Waals surface area contributed by atoms with E-state index in [0.29, 0.717) is 22.3 Å². The van der Waals surface area contributed by atoms with Gasteiger partial charge in [-0.15, -0.1) is 9.24 Å². The third-order valence-corrected chi connectivity index (χ3v) is 6.05. The first-order chi connectivity index (χ1) is 15.7. The molecule has 1 atom stereocenters. The monoisotopic (exact) mass is 471 g/mol. The molecule has 3 nitrogen and oxygen atoms in total. The Kier molecular flexibility index (Phi) is 7.34. The number of aliphatic imine (C=N–C) groups is 1. The second-order valence-corrected chi connectivity index (χ2v) is 11.0. The third kappa shape index (κ3) is 5.55. The molecule has 0 amide bonds. The van der Waals surface area contributed by atoms with Gasteiger partial charge in [0.15, 0.2) is 5.75 Å². The van der Waals surface area contributed by atoms with Crippen LogP contribution in [0.15, 0.2) is 47.5 Å². The zero-order valence-corrected chi connectivity index (χ0v) is 21.7. The maximum atomic E-state index is 14.2. The number of phenols is 1. The van der Waals surface area contributed by atoms with Crippen LogP contribution in [0.4, 0.5) is 10.1 Å². The highest BCUT2D eigenvalue weighted by Crippen LogP contribution is 2.38. The first-order valence-electron chi connectivity index (χ1n) is 11.0. The van der Waals surface area contributed by atoms with Crippen LogP contribution in [0.2, 0.25) is 0 Å². The Morgan fingerprint density at radius 2 is 1.62 bits per heavy atom. The first-order valence-corrected chi connectivity index (χ1v) is 11.6. The highest BCUT2D eigenvalue weighted by Gasteiger charge is 2.24.